The summed E-state index contributed by atoms with van der Waals surface area (Å²) in [6.07, 6.45) is 0.736. The number of para-hydroxylation sites is 1. The normalized spacial score (nSPS) is 14.2. The fourth-order valence-electron chi connectivity index (χ4n) is 4.28. The summed E-state index contributed by atoms with van der Waals surface area (Å²) in [4.78, 5) is 46.8. The van der Waals surface area contributed by atoms with Gasteiger partial charge in [-0.2, -0.15) is 0 Å². The Labute approximate surface area is 208 Å². The molecule has 1 aliphatic heterocycles. The van der Waals surface area contributed by atoms with Crippen molar-refractivity contribution in [2.45, 2.75) is 33.4 Å². The minimum Gasteiger partial charge on any atom is -0.318 e. The van der Waals surface area contributed by atoms with E-state index in [1.165, 1.54) is 34.8 Å². The second kappa shape index (κ2) is 8.88. The number of hydrogen-bond donors (Lipinski definition) is 0. The largest absolute Gasteiger partial charge is 0.331 e. The minimum atomic E-state index is -0.469. The number of fused-ring (bicyclic) bond motifs is 2. The second-order valence-electron chi connectivity index (χ2n) is 8.75. The van der Waals surface area contributed by atoms with Gasteiger partial charge < -0.3 is 4.57 Å². The maximum Gasteiger partial charge on any atom is 0.331 e. The van der Waals surface area contributed by atoms with Crippen LogP contribution in [0.3, 0.4) is 0 Å². The first kappa shape index (κ1) is 23.2. The number of carbonyl (C=O) groups is 1. The van der Waals surface area contributed by atoms with E-state index in [9.17, 15) is 14.4 Å². The number of rotatable bonds is 5. The molecule has 3 aromatic heterocycles. The average Bonchev–Trinajstić information content (AvgIpc) is 3.53. The summed E-state index contributed by atoms with van der Waals surface area (Å²) < 4.78 is 6.42. The summed E-state index contributed by atoms with van der Waals surface area (Å²) in [6, 6.07) is 7.92. The van der Waals surface area contributed by atoms with Crippen LogP contribution >= 0.6 is 34.9 Å². The summed E-state index contributed by atoms with van der Waals surface area (Å²) in [5, 5.41) is 1.60. The van der Waals surface area contributed by atoms with Crippen LogP contribution in [0.5, 0.6) is 0 Å². The topological polar surface area (TPSA) is 78.5 Å². The molecule has 4 heterocycles. The highest BCUT2D eigenvalue weighted by Crippen LogP contribution is 2.33. The highest BCUT2D eigenvalue weighted by molar-refractivity contribution is 7.73. The first-order valence-electron chi connectivity index (χ1n) is 11.1. The van der Waals surface area contributed by atoms with E-state index in [0.29, 0.717) is 45.5 Å². The number of amides is 1. The maximum absolute atomic E-state index is 13.6. The van der Waals surface area contributed by atoms with Crippen molar-refractivity contribution in [1.29, 1.82) is 0 Å². The lowest BCUT2D eigenvalue weighted by molar-refractivity contribution is -0.0767. The lowest BCUT2D eigenvalue weighted by Crippen LogP contribution is -2.39. The average molecular weight is 517 g/mol. The van der Waals surface area contributed by atoms with E-state index in [1.807, 2.05) is 42.7 Å². The number of nitrogens with zero attached hydrogens (tertiary/aromatic N) is 4. The minimum absolute atomic E-state index is 0.180. The van der Waals surface area contributed by atoms with Gasteiger partial charge in [-0.15, -0.1) is 22.7 Å². The van der Waals surface area contributed by atoms with Gasteiger partial charge in [0.2, 0.25) is 0 Å². The van der Waals surface area contributed by atoms with E-state index in [1.54, 1.807) is 4.57 Å². The predicted molar refractivity (Wildman–Crippen MR) is 138 cm³/mol. The molecule has 1 aromatic carbocycles. The fraction of sp³-hybridized carbons (Fsp3) is 0.391. The fourth-order valence-corrected chi connectivity index (χ4v) is 6.87. The van der Waals surface area contributed by atoms with E-state index in [2.05, 4.69) is 0 Å². The Morgan fingerprint density at radius 1 is 1.18 bits per heavy atom. The molecule has 1 fully saturated rings. The van der Waals surface area contributed by atoms with Crippen molar-refractivity contribution in [2.75, 3.05) is 13.2 Å². The van der Waals surface area contributed by atoms with Crippen molar-refractivity contribution in [3.05, 3.63) is 59.5 Å². The van der Waals surface area contributed by atoms with Gasteiger partial charge >= 0.3 is 5.69 Å². The molecule has 0 N–H and O–H groups in total. The molecule has 0 saturated carbocycles. The van der Waals surface area contributed by atoms with E-state index in [0.717, 1.165) is 21.2 Å². The van der Waals surface area contributed by atoms with Crippen LogP contribution in [0.1, 0.15) is 35.5 Å². The highest BCUT2D eigenvalue weighted by Gasteiger charge is 2.31. The third-order valence-electron chi connectivity index (χ3n) is 5.86. The van der Waals surface area contributed by atoms with Gasteiger partial charge in [-0.3, -0.25) is 23.6 Å². The Morgan fingerprint density at radius 2 is 1.94 bits per heavy atom. The lowest BCUT2D eigenvalue weighted by atomic mass is 10.1. The first-order chi connectivity index (χ1) is 16.3. The van der Waals surface area contributed by atoms with Crippen molar-refractivity contribution in [1.82, 2.24) is 18.8 Å². The first-order valence-corrected chi connectivity index (χ1v) is 13.1. The van der Waals surface area contributed by atoms with Crippen LogP contribution in [-0.2, 0) is 25.0 Å². The zero-order valence-electron chi connectivity index (χ0n) is 19.1. The van der Waals surface area contributed by atoms with Crippen LogP contribution in [0, 0.1) is 9.87 Å². The highest BCUT2D eigenvalue weighted by atomic mass is 32.1. The van der Waals surface area contributed by atoms with Gasteiger partial charge in [-0.05, 0) is 36.7 Å². The molecule has 5 rings (SSSR count). The number of benzene rings is 1. The molecule has 0 atom stereocenters. The van der Waals surface area contributed by atoms with Crippen LogP contribution < -0.4 is 11.2 Å². The van der Waals surface area contributed by atoms with E-state index in [4.69, 9.17) is 17.1 Å². The van der Waals surface area contributed by atoms with Gasteiger partial charge in [0.1, 0.15) is 4.83 Å². The van der Waals surface area contributed by atoms with E-state index >= 15 is 0 Å². The van der Waals surface area contributed by atoms with Crippen LogP contribution in [0.2, 0.25) is 0 Å². The molecular weight excluding hydrogens is 492 g/mol. The van der Waals surface area contributed by atoms with Crippen LogP contribution in [-0.4, -0.2) is 37.8 Å². The smallest absolute Gasteiger partial charge is 0.318 e. The van der Waals surface area contributed by atoms with Gasteiger partial charge in [-0.25, -0.2) is 9.86 Å². The zero-order chi connectivity index (χ0) is 24.1. The monoisotopic (exact) mass is 516 g/mol. The van der Waals surface area contributed by atoms with Crippen molar-refractivity contribution in [3.63, 3.8) is 0 Å². The van der Waals surface area contributed by atoms with Crippen molar-refractivity contribution >= 4 is 61.2 Å². The Hall–Kier alpha value is -2.60. The number of hydrogen-bond acceptors (Lipinski definition) is 7. The molecule has 8 nitrogen and oxygen atoms in total. The Bertz CT molecular complexity index is 1600. The SMILES string of the molecule is CC(C)Cn1c(=O)n(C)c(=O)c2c(C(=O)N3CCCO3)c(Cn3c(=S)sc4ccccc43)sc21. The number of aromatic nitrogens is 3. The van der Waals surface area contributed by atoms with Gasteiger partial charge in [-0.1, -0.05) is 26.0 Å². The van der Waals surface area contributed by atoms with Gasteiger partial charge in [0.15, 0.2) is 3.95 Å². The molecule has 0 spiro atoms. The summed E-state index contributed by atoms with van der Waals surface area (Å²) in [5.41, 5.74) is 0.423. The summed E-state index contributed by atoms with van der Waals surface area (Å²) in [7, 11) is 1.46. The molecule has 0 aliphatic carbocycles. The number of thiazole rings is 1. The molecule has 1 aliphatic rings. The Kier molecular flexibility index (Phi) is 6.05. The standard InChI is InChI=1S/C23H24N4O4S3/c1-13(2)11-26-21-18(19(28)24(3)22(26)30)17(20(29)27-9-6-10-31-27)16(33-21)12-25-14-7-4-5-8-15(14)34-23(25)32/h4-5,7-8,13H,6,9-12H2,1-3H3. The summed E-state index contributed by atoms with van der Waals surface area (Å²) >= 11 is 8.47. The Balaban J connectivity index is 1.80. The summed E-state index contributed by atoms with van der Waals surface area (Å²) in [5.74, 6) is -0.170. The Morgan fingerprint density at radius 3 is 2.65 bits per heavy atom. The van der Waals surface area contributed by atoms with Crippen LogP contribution in [0.15, 0.2) is 33.9 Å². The lowest BCUT2D eigenvalue weighted by Gasteiger charge is -2.15. The molecule has 1 saturated heterocycles. The molecule has 1 amide bonds. The second-order valence-corrected chi connectivity index (χ2v) is 11.5. The quantitative estimate of drug-likeness (QED) is 0.375. The third kappa shape index (κ3) is 3.76. The van der Waals surface area contributed by atoms with Gasteiger partial charge in [0.05, 0.1) is 40.9 Å². The molecular formula is C23H24N4O4S3. The molecule has 4 aromatic rings. The molecule has 0 radical (unpaired) electrons. The predicted octanol–water partition coefficient (Wildman–Crippen LogP) is 3.99. The third-order valence-corrected chi connectivity index (χ3v) is 8.49. The van der Waals surface area contributed by atoms with E-state index in [-0.39, 0.29) is 22.9 Å². The van der Waals surface area contributed by atoms with Gasteiger partial charge in [0, 0.05) is 18.5 Å². The molecule has 178 valence electrons. The molecule has 34 heavy (non-hydrogen) atoms. The molecule has 11 heteroatoms. The van der Waals surface area contributed by atoms with Crippen LogP contribution in [0.25, 0.3) is 20.4 Å². The van der Waals surface area contributed by atoms with Crippen molar-refractivity contribution in [3.8, 4) is 0 Å². The molecule has 0 unspecified atom stereocenters. The van der Waals surface area contributed by atoms with E-state index < -0.39 is 5.56 Å². The van der Waals surface area contributed by atoms with Crippen LogP contribution in [0.4, 0.5) is 0 Å². The zero-order valence-corrected chi connectivity index (χ0v) is 21.5. The van der Waals surface area contributed by atoms with Crippen molar-refractivity contribution in [2.24, 2.45) is 13.0 Å². The van der Waals surface area contributed by atoms with Gasteiger partial charge in [0.25, 0.3) is 11.5 Å². The number of carbonyl (C=O) groups excluding carboxylic acids is 1. The maximum atomic E-state index is 13.6. The molecule has 0 bridgehead atoms. The van der Waals surface area contributed by atoms with Crippen molar-refractivity contribution < 1.29 is 9.63 Å². The number of thiophene rings is 1. The number of hydroxylamine groups is 2. The summed E-state index contributed by atoms with van der Waals surface area (Å²) in [6.45, 7) is 5.72.